The van der Waals surface area contributed by atoms with Crippen molar-refractivity contribution in [3.05, 3.63) is 125 Å². The molecule has 1 saturated carbocycles. The fourth-order valence-electron chi connectivity index (χ4n) is 6.76. The van der Waals surface area contributed by atoms with Crippen molar-refractivity contribution in [3.8, 4) is 5.69 Å². The number of alkyl halides is 3. The highest BCUT2D eigenvalue weighted by Crippen LogP contribution is 2.69. The minimum absolute atomic E-state index is 0.0999. The van der Waals surface area contributed by atoms with E-state index in [0.29, 0.717) is 13.1 Å². The minimum Gasteiger partial charge on any atom is -0.336 e. The van der Waals surface area contributed by atoms with Gasteiger partial charge in [-0.15, -0.1) is 0 Å². The maximum atomic E-state index is 13.5. The normalized spacial score (nSPS) is 21.7. The molecular weight excluding hydrogens is 532 g/mol. The first-order chi connectivity index (χ1) is 19.7. The number of rotatable bonds is 4. The van der Waals surface area contributed by atoms with Crippen molar-refractivity contribution >= 4 is 16.8 Å². The van der Waals surface area contributed by atoms with Crippen molar-refractivity contribution in [3.63, 3.8) is 0 Å². The molecule has 5 nitrogen and oxygen atoms in total. The highest BCUT2D eigenvalue weighted by molar-refractivity contribution is 5.93. The Hall–Kier alpha value is -4.53. The first kappa shape index (κ1) is 25.4. The number of likely N-dealkylation sites (tertiary alicyclic amines) is 1. The van der Waals surface area contributed by atoms with Crippen molar-refractivity contribution < 1.29 is 22.4 Å². The smallest absolute Gasteiger partial charge is 0.336 e. The monoisotopic (exact) mass is 556 g/mol. The third-order valence-electron chi connectivity index (χ3n) is 8.57. The number of carbonyl (C=O) groups is 1. The Kier molecular flexibility index (Phi) is 5.58. The molecule has 206 valence electrons. The molecule has 3 aromatic carbocycles. The number of hydrogen-bond donors (Lipinski definition) is 0. The number of aryl methyl sites for hydroxylation is 1. The lowest BCUT2D eigenvalue weighted by Gasteiger charge is -2.26. The zero-order chi connectivity index (χ0) is 28.5. The van der Waals surface area contributed by atoms with Gasteiger partial charge in [-0.2, -0.15) is 18.3 Å². The van der Waals surface area contributed by atoms with Gasteiger partial charge in [0.05, 0.1) is 17.4 Å². The molecule has 0 radical (unpaired) electrons. The number of amides is 1. The van der Waals surface area contributed by atoms with E-state index in [0.717, 1.165) is 33.8 Å². The van der Waals surface area contributed by atoms with Gasteiger partial charge in [-0.3, -0.25) is 4.79 Å². The first-order valence-corrected chi connectivity index (χ1v) is 13.3. The van der Waals surface area contributed by atoms with Gasteiger partial charge < -0.3 is 4.90 Å². The fraction of sp³-hybridized carbons (Fsp3) is 0.219. The van der Waals surface area contributed by atoms with Crippen LogP contribution in [-0.2, 0) is 11.6 Å². The molecule has 0 bridgehead atoms. The molecule has 9 heteroatoms. The number of fused-ring (bicyclic) bond motifs is 2. The molecule has 2 fully saturated rings. The van der Waals surface area contributed by atoms with Gasteiger partial charge >= 0.3 is 6.18 Å². The zero-order valence-electron chi connectivity index (χ0n) is 21.9. The van der Waals surface area contributed by atoms with Crippen LogP contribution in [0.1, 0.15) is 38.8 Å². The second kappa shape index (κ2) is 8.99. The summed E-state index contributed by atoms with van der Waals surface area (Å²) >= 11 is 0. The molecule has 3 atom stereocenters. The molecule has 2 aromatic heterocycles. The second-order valence-corrected chi connectivity index (χ2v) is 10.9. The number of benzene rings is 3. The van der Waals surface area contributed by atoms with E-state index < -0.39 is 23.2 Å². The van der Waals surface area contributed by atoms with Crippen LogP contribution in [-0.4, -0.2) is 38.7 Å². The third-order valence-corrected chi connectivity index (χ3v) is 8.57. The van der Waals surface area contributed by atoms with Crippen LogP contribution in [0.3, 0.4) is 0 Å². The van der Waals surface area contributed by atoms with Crippen molar-refractivity contribution in [2.45, 2.75) is 24.4 Å². The quantitative estimate of drug-likeness (QED) is 0.232. The van der Waals surface area contributed by atoms with Crippen LogP contribution in [0, 0.1) is 18.7 Å². The Morgan fingerprint density at radius 1 is 0.976 bits per heavy atom. The number of nitrogens with zero attached hydrogens (tertiary/aromatic N) is 4. The Bertz CT molecular complexity index is 1800. The average Bonchev–Trinajstić information content (AvgIpc) is 3.22. The maximum absolute atomic E-state index is 13.5. The van der Waals surface area contributed by atoms with Crippen molar-refractivity contribution in [1.82, 2.24) is 19.7 Å². The molecule has 1 amide bonds. The number of halogens is 4. The Balaban J connectivity index is 1.28. The van der Waals surface area contributed by atoms with E-state index in [1.165, 1.54) is 29.8 Å². The summed E-state index contributed by atoms with van der Waals surface area (Å²) in [5.74, 6) is -0.569. The van der Waals surface area contributed by atoms with E-state index in [1.807, 2.05) is 25.1 Å². The standard InChI is InChI=1S/C32H24F4N4O/c1-19-14-27-21(16-37-40(27)23-12-10-22(33)11-13-23)15-24(19)31-18-39(17-25(31)29(31)20-6-3-2-4-7-20)30(41)26-8-5-9-28(38-26)32(34,35)36/h2-16,25,29H,17-18H2,1H3/t25-,29-,31+/m1/s1. The Morgan fingerprint density at radius 3 is 2.46 bits per heavy atom. The van der Waals surface area contributed by atoms with Crippen molar-refractivity contribution in [1.29, 1.82) is 0 Å². The third kappa shape index (κ3) is 4.02. The lowest BCUT2D eigenvalue weighted by atomic mass is 9.86. The number of piperidine rings is 1. The van der Waals surface area contributed by atoms with Crippen LogP contribution in [0.2, 0.25) is 0 Å². The van der Waals surface area contributed by atoms with Gasteiger partial charge in [0.1, 0.15) is 17.2 Å². The summed E-state index contributed by atoms with van der Waals surface area (Å²) in [6.45, 7) is 2.82. The summed E-state index contributed by atoms with van der Waals surface area (Å²) in [4.78, 5) is 18.7. The number of hydrogen-bond acceptors (Lipinski definition) is 3. The van der Waals surface area contributed by atoms with Gasteiger partial charge in [-0.1, -0.05) is 36.4 Å². The van der Waals surface area contributed by atoms with E-state index in [9.17, 15) is 22.4 Å². The Labute approximate surface area is 233 Å². The van der Waals surface area contributed by atoms with Gasteiger partial charge in [0.2, 0.25) is 0 Å². The highest BCUT2D eigenvalue weighted by atomic mass is 19.4. The van der Waals surface area contributed by atoms with Crippen LogP contribution in [0.25, 0.3) is 16.6 Å². The summed E-state index contributed by atoms with van der Waals surface area (Å²) in [5, 5.41) is 5.47. The molecule has 0 N–H and O–H groups in total. The number of pyridine rings is 1. The predicted octanol–water partition coefficient (Wildman–Crippen LogP) is 6.69. The van der Waals surface area contributed by atoms with E-state index in [1.54, 1.807) is 27.9 Å². The molecular formula is C32H24F4N4O. The average molecular weight is 557 g/mol. The molecule has 41 heavy (non-hydrogen) atoms. The lowest BCUT2D eigenvalue weighted by molar-refractivity contribution is -0.141. The topological polar surface area (TPSA) is 51.0 Å². The summed E-state index contributed by atoms with van der Waals surface area (Å²) in [5.41, 5.74) is 3.22. The van der Waals surface area contributed by atoms with E-state index in [-0.39, 0.29) is 23.3 Å². The molecule has 3 heterocycles. The summed E-state index contributed by atoms with van der Waals surface area (Å²) in [6, 6.07) is 23.9. The maximum Gasteiger partial charge on any atom is 0.433 e. The zero-order valence-corrected chi connectivity index (χ0v) is 21.9. The molecule has 1 aliphatic carbocycles. The summed E-state index contributed by atoms with van der Waals surface area (Å²) < 4.78 is 55.1. The highest BCUT2D eigenvalue weighted by Gasteiger charge is 2.71. The van der Waals surface area contributed by atoms with Crippen LogP contribution >= 0.6 is 0 Å². The van der Waals surface area contributed by atoms with Gasteiger partial charge in [-0.05, 0) is 78.1 Å². The van der Waals surface area contributed by atoms with Crippen molar-refractivity contribution in [2.75, 3.05) is 13.1 Å². The van der Waals surface area contributed by atoms with E-state index in [4.69, 9.17) is 0 Å². The largest absolute Gasteiger partial charge is 0.433 e. The second-order valence-electron chi connectivity index (χ2n) is 10.9. The molecule has 1 aliphatic heterocycles. The summed E-state index contributed by atoms with van der Waals surface area (Å²) in [6.07, 6.45) is -2.86. The van der Waals surface area contributed by atoms with Gasteiger partial charge in [0, 0.05) is 29.8 Å². The fourth-order valence-corrected chi connectivity index (χ4v) is 6.76. The van der Waals surface area contributed by atoms with Crippen molar-refractivity contribution in [2.24, 2.45) is 5.92 Å². The summed E-state index contributed by atoms with van der Waals surface area (Å²) in [7, 11) is 0. The SMILES string of the molecule is Cc1cc2c(cnn2-c2ccc(F)cc2)cc1[C@@]12CN(C(=O)c3cccc(C(F)(F)F)n3)C[C@@H]1[C@H]2c1ccccc1. The van der Waals surface area contributed by atoms with Gasteiger partial charge in [0.25, 0.3) is 5.91 Å². The minimum atomic E-state index is -4.63. The molecule has 5 aromatic rings. The van der Waals surface area contributed by atoms with Crippen LogP contribution in [0.5, 0.6) is 0 Å². The van der Waals surface area contributed by atoms with Crippen LogP contribution in [0.15, 0.2) is 91.1 Å². The molecule has 2 aliphatic rings. The van der Waals surface area contributed by atoms with Crippen LogP contribution in [0.4, 0.5) is 17.6 Å². The first-order valence-electron chi connectivity index (χ1n) is 13.3. The molecule has 7 rings (SSSR count). The van der Waals surface area contributed by atoms with Crippen LogP contribution < -0.4 is 0 Å². The van der Waals surface area contributed by atoms with Gasteiger partial charge in [0.15, 0.2) is 0 Å². The Morgan fingerprint density at radius 2 is 1.73 bits per heavy atom. The lowest BCUT2D eigenvalue weighted by Crippen LogP contribution is -2.35. The van der Waals surface area contributed by atoms with Gasteiger partial charge in [-0.25, -0.2) is 14.1 Å². The van der Waals surface area contributed by atoms with E-state index in [2.05, 4.69) is 34.3 Å². The molecule has 0 unspecified atom stereocenters. The predicted molar refractivity (Wildman–Crippen MR) is 145 cm³/mol. The van der Waals surface area contributed by atoms with E-state index >= 15 is 0 Å². The number of carbonyl (C=O) groups excluding carboxylic acids is 1. The molecule has 1 saturated heterocycles. The number of aromatic nitrogens is 3. The molecule has 0 spiro atoms.